The van der Waals surface area contributed by atoms with Crippen molar-refractivity contribution in [1.29, 1.82) is 0 Å². The van der Waals surface area contributed by atoms with Gasteiger partial charge in [-0.15, -0.1) is 24.0 Å². The van der Waals surface area contributed by atoms with Crippen LogP contribution in [0.3, 0.4) is 0 Å². The predicted molar refractivity (Wildman–Crippen MR) is 138 cm³/mol. The Kier molecular flexibility index (Phi) is 11.3. The molecule has 2 N–H and O–H groups in total. The molecular weight excluding hydrogens is 503 g/mol. The first-order valence-corrected chi connectivity index (χ1v) is 11.1. The van der Waals surface area contributed by atoms with Crippen molar-refractivity contribution in [3.8, 4) is 5.69 Å². The van der Waals surface area contributed by atoms with Crippen molar-refractivity contribution in [2.45, 2.75) is 32.7 Å². The summed E-state index contributed by atoms with van der Waals surface area (Å²) in [5, 5.41) is 11.3. The second kappa shape index (κ2) is 13.7. The minimum atomic E-state index is 0. The lowest BCUT2D eigenvalue weighted by atomic mass is 9.97. The fourth-order valence-electron chi connectivity index (χ4n) is 3.80. The number of piperidine rings is 1. The average molecular weight is 540 g/mol. The Hall–Kier alpha value is -1.65. The second-order valence-electron chi connectivity index (χ2n) is 7.91. The Balaban J connectivity index is 0.00000341. The number of halogens is 1. The maximum atomic E-state index is 5.19. The van der Waals surface area contributed by atoms with E-state index in [-0.39, 0.29) is 30.0 Å². The summed E-state index contributed by atoms with van der Waals surface area (Å²) in [6.45, 7) is 10.1. The van der Waals surface area contributed by atoms with Crippen molar-refractivity contribution >= 4 is 29.9 Å². The number of hydrogen-bond acceptors (Lipinski definition) is 4. The summed E-state index contributed by atoms with van der Waals surface area (Å²) in [4.78, 5) is 7.38. The van der Waals surface area contributed by atoms with Gasteiger partial charge < -0.3 is 20.3 Å². The summed E-state index contributed by atoms with van der Waals surface area (Å²) in [6, 6.07) is 10.5. The molecule has 1 aromatic heterocycles. The van der Waals surface area contributed by atoms with E-state index in [0.29, 0.717) is 5.92 Å². The molecule has 1 aromatic carbocycles. The molecule has 0 spiro atoms. The Morgan fingerprint density at radius 1 is 1.29 bits per heavy atom. The topological polar surface area (TPSA) is 66.7 Å². The van der Waals surface area contributed by atoms with Gasteiger partial charge in [-0.3, -0.25) is 4.99 Å². The number of ether oxygens (including phenoxy) is 1. The zero-order valence-corrected chi connectivity index (χ0v) is 21.3. The van der Waals surface area contributed by atoms with Crippen molar-refractivity contribution in [2.24, 2.45) is 10.9 Å². The summed E-state index contributed by atoms with van der Waals surface area (Å²) in [7, 11) is 1.77. The van der Waals surface area contributed by atoms with Gasteiger partial charge in [0.05, 0.1) is 18.3 Å². The zero-order valence-electron chi connectivity index (χ0n) is 19.0. The van der Waals surface area contributed by atoms with E-state index in [0.717, 1.165) is 51.0 Å². The minimum Gasteiger partial charge on any atom is -0.383 e. The van der Waals surface area contributed by atoms with Crippen LogP contribution in [0.15, 0.2) is 47.7 Å². The highest BCUT2D eigenvalue weighted by atomic mass is 127. The van der Waals surface area contributed by atoms with Gasteiger partial charge in [0.2, 0.25) is 0 Å². The lowest BCUT2D eigenvalue weighted by Crippen LogP contribution is -2.40. The Labute approximate surface area is 203 Å². The number of nitrogens with zero attached hydrogens (tertiary/aromatic N) is 4. The lowest BCUT2D eigenvalue weighted by Gasteiger charge is -2.31. The van der Waals surface area contributed by atoms with Crippen LogP contribution in [0.4, 0.5) is 0 Å². The van der Waals surface area contributed by atoms with Gasteiger partial charge in [0.1, 0.15) is 0 Å². The highest BCUT2D eigenvalue weighted by molar-refractivity contribution is 14.0. The number of likely N-dealkylation sites (tertiary alicyclic amines) is 1. The molecule has 0 amide bonds. The number of hydrogen-bond donors (Lipinski definition) is 2. The molecular formula is C23H37IN6O. The van der Waals surface area contributed by atoms with Gasteiger partial charge in [0, 0.05) is 39.1 Å². The van der Waals surface area contributed by atoms with E-state index in [1.54, 1.807) is 13.3 Å². The van der Waals surface area contributed by atoms with E-state index in [1.807, 2.05) is 16.9 Å². The molecule has 0 bridgehead atoms. The van der Waals surface area contributed by atoms with Crippen molar-refractivity contribution in [3.63, 3.8) is 0 Å². The van der Waals surface area contributed by atoms with Crippen LogP contribution in [-0.2, 0) is 4.74 Å². The molecule has 1 fully saturated rings. The lowest BCUT2D eigenvalue weighted by molar-refractivity contribution is 0.121. The predicted octanol–water partition coefficient (Wildman–Crippen LogP) is 3.46. The standard InChI is InChI=1S/C23H36N6O.HI/c1-4-24-23(25-18-20-9-13-28(14-10-20)15-16-30-3)27-19(2)21-7-5-8-22(17-21)29-12-6-11-26-29;/h5-8,11-12,17,19-20H,4,9-10,13-16,18H2,1-3H3,(H2,24,25,27);1H. The van der Waals surface area contributed by atoms with E-state index in [9.17, 15) is 0 Å². The van der Waals surface area contributed by atoms with Crippen molar-refractivity contribution < 1.29 is 4.74 Å². The van der Waals surface area contributed by atoms with Gasteiger partial charge in [0.25, 0.3) is 0 Å². The molecule has 0 radical (unpaired) electrons. The number of rotatable bonds is 9. The second-order valence-corrected chi connectivity index (χ2v) is 7.91. The maximum Gasteiger partial charge on any atom is 0.191 e. The minimum absolute atomic E-state index is 0. The molecule has 1 aliphatic rings. The first kappa shape index (κ1) is 25.6. The molecule has 2 heterocycles. The number of aliphatic imine (C=N–C) groups is 1. The number of aromatic nitrogens is 2. The van der Waals surface area contributed by atoms with E-state index < -0.39 is 0 Å². The van der Waals surface area contributed by atoms with E-state index in [2.05, 4.69) is 58.7 Å². The summed E-state index contributed by atoms with van der Waals surface area (Å²) in [5.74, 6) is 1.54. The molecule has 31 heavy (non-hydrogen) atoms. The molecule has 0 saturated carbocycles. The summed E-state index contributed by atoms with van der Waals surface area (Å²) < 4.78 is 7.08. The fraction of sp³-hybridized carbons (Fsp3) is 0.565. The average Bonchev–Trinajstić information content (AvgIpc) is 3.32. The maximum absolute atomic E-state index is 5.19. The van der Waals surface area contributed by atoms with Crippen LogP contribution >= 0.6 is 24.0 Å². The largest absolute Gasteiger partial charge is 0.383 e. The molecule has 1 atom stereocenters. The molecule has 3 rings (SSSR count). The van der Waals surface area contributed by atoms with Crippen LogP contribution in [0.2, 0.25) is 0 Å². The van der Waals surface area contributed by atoms with Crippen molar-refractivity contribution in [1.82, 2.24) is 25.3 Å². The van der Waals surface area contributed by atoms with Gasteiger partial charge in [-0.1, -0.05) is 12.1 Å². The Morgan fingerprint density at radius 2 is 2.10 bits per heavy atom. The van der Waals surface area contributed by atoms with Crippen molar-refractivity contribution in [2.75, 3.05) is 46.4 Å². The number of nitrogens with one attached hydrogen (secondary N) is 2. The van der Waals surface area contributed by atoms with Crippen LogP contribution in [0.1, 0.15) is 38.3 Å². The summed E-state index contributed by atoms with van der Waals surface area (Å²) in [5.41, 5.74) is 2.27. The first-order chi connectivity index (χ1) is 14.7. The van der Waals surface area contributed by atoms with Crippen LogP contribution < -0.4 is 10.6 Å². The molecule has 7 nitrogen and oxygen atoms in total. The first-order valence-electron chi connectivity index (χ1n) is 11.1. The molecule has 2 aromatic rings. The third-order valence-electron chi connectivity index (χ3n) is 5.66. The highest BCUT2D eigenvalue weighted by Gasteiger charge is 2.19. The highest BCUT2D eigenvalue weighted by Crippen LogP contribution is 2.18. The van der Waals surface area contributed by atoms with E-state index >= 15 is 0 Å². The zero-order chi connectivity index (χ0) is 21.2. The van der Waals surface area contributed by atoms with Gasteiger partial charge >= 0.3 is 0 Å². The van der Waals surface area contributed by atoms with E-state index in [1.165, 1.54) is 18.4 Å². The molecule has 1 unspecified atom stereocenters. The molecule has 1 saturated heterocycles. The van der Waals surface area contributed by atoms with Gasteiger partial charge in [-0.25, -0.2) is 4.68 Å². The van der Waals surface area contributed by atoms with Gasteiger partial charge in [0.15, 0.2) is 5.96 Å². The third kappa shape index (κ3) is 8.08. The normalized spacial score (nSPS) is 16.5. The van der Waals surface area contributed by atoms with E-state index in [4.69, 9.17) is 9.73 Å². The smallest absolute Gasteiger partial charge is 0.191 e. The Bertz CT molecular complexity index is 774. The van der Waals surface area contributed by atoms with Crippen LogP contribution in [0, 0.1) is 5.92 Å². The quantitative estimate of drug-likeness (QED) is 0.290. The van der Waals surface area contributed by atoms with Crippen LogP contribution in [0.25, 0.3) is 5.69 Å². The molecule has 8 heteroatoms. The summed E-state index contributed by atoms with van der Waals surface area (Å²) in [6.07, 6.45) is 6.16. The molecule has 0 aliphatic carbocycles. The number of benzene rings is 1. The van der Waals surface area contributed by atoms with Crippen LogP contribution in [0.5, 0.6) is 0 Å². The van der Waals surface area contributed by atoms with Gasteiger partial charge in [-0.2, -0.15) is 5.10 Å². The SMILES string of the molecule is CCNC(=NCC1CCN(CCOC)CC1)NC(C)c1cccc(-n2cccn2)c1.I. The summed E-state index contributed by atoms with van der Waals surface area (Å²) >= 11 is 0. The number of methoxy groups -OCH3 is 1. The fourth-order valence-corrected chi connectivity index (χ4v) is 3.80. The third-order valence-corrected chi connectivity index (χ3v) is 5.66. The van der Waals surface area contributed by atoms with Gasteiger partial charge in [-0.05, 0) is 69.5 Å². The van der Waals surface area contributed by atoms with Crippen molar-refractivity contribution in [3.05, 3.63) is 48.3 Å². The Morgan fingerprint density at radius 3 is 2.77 bits per heavy atom. The molecule has 172 valence electrons. The van der Waals surface area contributed by atoms with Crippen LogP contribution in [-0.4, -0.2) is 67.1 Å². The monoisotopic (exact) mass is 540 g/mol. The molecule has 1 aliphatic heterocycles. The number of guanidine groups is 1.